The fourth-order valence-corrected chi connectivity index (χ4v) is 2.69. The van der Waals surface area contributed by atoms with Crippen LogP contribution >= 0.6 is 0 Å². The molecule has 0 spiro atoms. The molecule has 0 unspecified atom stereocenters. The van der Waals surface area contributed by atoms with Gasteiger partial charge in [-0.2, -0.15) is 0 Å². The Morgan fingerprint density at radius 3 is 2.65 bits per heavy atom. The average Bonchev–Trinajstić information content (AvgIpc) is 3.06. The monoisotopic (exact) mass is 300 g/mol. The molecule has 0 fully saturated rings. The van der Waals surface area contributed by atoms with Crippen LogP contribution < -0.4 is 5.32 Å². The van der Waals surface area contributed by atoms with Gasteiger partial charge in [-0.25, -0.2) is 9.97 Å². The van der Waals surface area contributed by atoms with Gasteiger partial charge in [0.05, 0.1) is 24.4 Å². The molecule has 0 bridgehead atoms. The highest BCUT2D eigenvalue weighted by molar-refractivity contribution is 5.76. The maximum atomic E-state index is 4.61. The van der Waals surface area contributed by atoms with Crippen molar-refractivity contribution in [1.29, 1.82) is 0 Å². The summed E-state index contributed by atoms with van der Waals surface area (Å²) in [5.74, 6) is 0.799. The summed E-state index contributed by atoms with van der Waals surface area (Å²) in [7, 11) is 0. The van der Waals surface area contributed by atoms with Gasteiger partial charge in [0.25, 0.3) is 0 Å². The van der Waals surface area contributed by atoms with Gasteiger partial charge in [-0.05, 0) is 24.6 Å². The molecule has 4 rings (SSSR count). The molecule has 0 aliphatic rings. The summed E-state index contributed by atoms with van der Waals surface area (Å²) in [5.41, 5.74) is 5.32. The van der Waals surface area contributed by atoms with Crippen LogP contribution in [0.15, 0.2) is 73.3 Å². The predicted octanol–water partition coefficient (Wildman–Crippen LogP) is 4.45. The number of hydrogen-bond acceptors (Lipinski definition) is 3. The maximum absolute atomic E-state index is 4.61. The molecule has 0 aliphatic carbocycles. The van der Waals surface area contributed by atoms with Gasteiger partial charge in [0.15, 0.2) is 5.82 Å². The van der Waals surface area contributed by atoms with Crippen LogP contribution in [0, 0.1) is 6.92 Å². The van der Waals surface area contributed by atoms with E-state index in [1.165, 1.54) is 5.56 Å². The summed E-state index contributed by atoms with van der Waals surface area (Å²) in [6.07, 6.45) is 5.53. The molecule has 0 atom stereocenters. The molecular weight excluding hydrogens is 284 g/mol. The first-order chi connectivity index (χ1) is 11.3. The van der Waals surface area contributed by atoms with E-state index in [2.05, 4.69) is 50.9 Å². The normalized spacial score (nSPS) is 10.8. The van der Waals surface area contributed by atoms with Crippen molar-refractivity contribution < 1.29 is 0 Å². The standard InChI is InChI=1S/C19H16N4/c1-14-6-5-9-16(10-14)22-19-18-11-20-13-23(18)17(12-21-19)15-7-3-2-4-8-15/h2-13H,1H3,(H,21,22). The SMILES string of the molecule is Cc1cccc(Nc2ncc(-c3ccccc3)n3cncc23)c1. The zero-order valence-electron chi connectivity index (χ0n) is 12.8. The Labute approximate surface area is 134 Å². The van der Waals surface area contributed by atoms with Crippen molar-refractivity contribution >= 4 is 17.0 Å². The van der Waals surface area contributed by atoms with Gasteiger partial charge in [0.2, 0.25) is 0 Å². The van der Waals surface area contributed by atoms with Crippen molar-refractivity contribution in [2.45, 2.75) is 6.92 Å². The Balaban J connectivity index is 1.80. The van der Waals surface area contributed by atoms with Crippen molar-refractivity contribution in [3.8, 4) is 11.3 Å². The average molecular weight is 300 g/mol. The zero-order chi connectivity index (χ0) is 15.6. The molecule has 2 aromatic heterocycles. The molecule has 112 valence electrons. The van der Waals surface area contributed by atoms with E-state index in [9.17, 15) is 0 Å². The summed E-state index contributed by atoms with van der Waals surface area (Å²) in [6.45, 7) is 2.07. The molecule has 2 aromatic carbocycles. The van der Waals surface area contributed by atoms with Crippen LogP contribution in [0.3, 0.4) is 0 Å². The van der Waals surface area contributed by atoms with Crippen LogP contribution in [0.1, 0.15) is 5.56 Å². The molecule has 0 amide bonds. The third-order valence-electron chi connectivity index (χ3n) is 3.81. The fourth-order valence-electron chi connectivity index (χ4n) is 2.69. The molecule has 0 saturated carbocycles. The van der Waals surface area contributed by atoms with Crippen LogP contribution in [0.2, 0.25) is 0 Å². The van der Waals surface area contributed by atoms with Crippen molar-refractivity contribution in [3.63, 3.8) is 0 Å². The molecule has 0 saturated heterocycles. The molecule has 4 aromatic rings. The number of aryl methyl sites for hydroxylation is 1. The number of imidazole rings is 1. The highest BCUT2D eigenvalue weighted by Gasteiger charge is 2.09. The number of fused-ring (bicyclic) bond motifs is 1. The van der Waals surface area contributed by atoms with E-state index in [0.29, 0.717) is 0 Å². The van der Waals surface area contributed by atoms with E-state index >= 15 is 0 Å². The molecule has 0 aliphatic heterocycles. The third kappa shape index (κ3) is 2.55. The largest absolute Gasteiger partial charge is 0.338 e. The number of nitrogens with one attached hydrogen (secondary N) is 1. The number of nitrogens with zero attached hydrogens (tertiary/aromatic N) is 3. The van der Waals surface area contributed by atoms with Gasteiger partial charge in [-0.3, -0.25) is 4.40 Å². The highest BCUT2D eigenvalue weighted by Crippen LogP contribution is 2.25. The molecular formula is C19H16N4. The van der Waals surface area contributed by atoms with E-state index in [0.717, 1.165) is 28.3 Å². The molecule has 4 heteroatoms. The van der Waals surface area contributed by atoms with Gasteiger partial charge < -0.3 is 5.32 Å². The van der Waals surface area contributed by atoms with E-state index in [1.807, 2.05) is 49.1 Å². The van der Waals surface area contributed by atoms with E-state index < -0.39 is 0 Å². The van der Waals surface area contributed by atoms with Gasteiger partial charge in [-0.15, -0.1) is 0 Å². The van der Waals surface area contributed by atoms with Crippen LogP contribution in [-0.2, 0) is 0 Å². The Kier molecular flexibility index (Phi) is 3.27. The van der Waals surface area contributed by atoms with Crippen molar-refractivity contribution in [3.05, 3.63) is 78.9 Å². The first kappa shape index (κ1) is 13.5. The van der Waals surface area contributed by atoms with Gasteiger partial charge in [0.1, 0.15) is 5.52 Å². The van der Waals surface area contributed by atoms with E-state index in [-0.39, 0.29) is 0 Å². The summed E-state index contributed by atoms with van der Waals surface area (Å²) in [5, 5.41) is 3.38. The van der Waals surface area contributed by atoms with Crippen LogP contribution in [-0.4, -0.2) is 14.4 Å². The number of anilines is 2. The first-order valence-electron chi connectivity index (χ1n) is 7.51. The minimum atomic E-state index is 0.799. The smallest absolute Gasteiger partial charge is 0.156 e. The van der Waals surface area contributed by atoms with Gasteiger partial charge in [0, 0.05) is 11.3 Å². The number of benzene rings is 2. The Hall–Kier alpha value is -3.14. The number of hydrogen-bond donors (Lipinski definition) is 1. The van der Waals surface area contributed by atoms with Crippen molar-refractivity contribution in [1.82, 2.24) is 14.4 Å². The Bertz CT molecular complexity index is 957. The summed E-state index contributed by atoms with van der Waals surface area (Å²) in [6, 6.07) is 18.4. The summed E-state index contributed by atoms with van der Waals surface area (Å²) < 4.78 is 2.06. The molecule has 1 N–H and O–H groups in total. The van der Waals surface area contributed by atoms with Crippen LogP contribution in [0.5, 0.6) is 0 Å². The lowest BCUT2D eigenvalue weighted by Crippen LogP contribution is -1.99. The lowest BCUT2D eigenvalue weighted by molar-refractivity contribution is 1.12. The molecule has 0 radical (unpaired) electrons. The lowest BCUT2D eigenvalue weighted by Gasteiger charge is -2.11. The maximum Gasteiger partial charge on any atom is 0.156 e. The number of rotatable bonds is 3. The van der Waals surface area contributed by atoms with Gasteiger partial charge in [-0.1, -0.05) is 42.5 Å². The highest BCUT2D eigenvalue weighted by atomic mass is 15.1. The van der Waals surface area contributed by atoms with E-state index in [4.69, 9.17) is 0 Å². The number of aromatic nitrogens is 3. The second-order valence-electron chi connectivity index (χ2n) is 5.50. The molecule has 2 heterocycles. The predicted molar refractivity (Wildman–Crippen MR) is 92.9 cm³/mol. The zero-order valence-corrected chi connectivity index (χ0v) is 12.8. The first-order valence-corrected chi connectivity index (χ1v) is 7.51. The summed E-state index contributed by atoms with van der Waals surface area (Å²) in [4.78, 5) is 8.90. The molecule has 23 heavy (non-hydrogen) atoms. The second-order valence-corrected chi connectivity index (χ2v) is 5.50. The minimum absolute atomic E-state index is 0.799. The lowest BCUT2D eigenvalue weighted by atomic mass is 10.1. The van der Waals surface area contributed by atoms with Crippen molar-refractivity contribution in [2.24, 2.45) is 0 Å². The topological polar surface area (TPSA) is 42.2 Å². The Morgan fingerprint density at radius 1 is 0.957 bits per heavy atom. The van der Waals surface area contributed by atoms with Crippen LogP contribution in [0.25, 0.3) is 16.8 Å². The summed E-state index contributed by atoms with van der Waals surface area (Å²) >= 11 is 0. The fraction of sp³-hybridized carbons (Fsp3) is 0.0526. The molecule has 4 nitrogen and oxygen atoms in total. The second kappa shape index (κ2) is 5.57. The minimum Gasteiger partial charge on any atom is -0.338 e. The Morgan fingerprint density at radius 2 is 1.83 bits per heavy atom. The third-order valence-corrected chi connectivity index (χ3v) is 3.81. The van der Waals surface area contributed by atoms with Crippen molar-refractivity contribution in [2.75, 3.05) is 5.32 Å². The van der Waals surface area contributed by atoms with E-state index in [1.54, 1.807) is 0 Å². The quantitative estimate of drug-likeness (QED) is 0.608. The van der Waals surface area contributed by atoms with Gasteiger partial charge >= 0.3 is 0 Å². The van der Waals surface area contributed by atoms with Crippen LogP contribution in [0.4, 0.5) is 11.5 Å².